The maximum absolute atomic E-state index is 4.49. The number of nitrogens with zero attached hydrogens (tertiary/aromatic N) is 5. The van der Waals surface area contributed by atoms with Crippen molar-refractivity contribution in [2.75, 3.05) is 17.7 Å². The Morgan fingerprint density at radius 2 is 1.82 bits per heavy atom. The van der Waals surface area contributed by atoms with Crippen LogP contribution in [0.25, 0.3) is 10.8 Å². The third-order valence-corrected chi connectivity index (χ3v) is 4.28. The van der Waals surface area contributed by atoms with Crippen molar-refractivity contribution >= 4 is 28.2 Å². The van der Waals surface area contributed by atoms with E-state index in [4.69, 9.17) is 0 Å². The highest BCUT2D eigenvalue weighted by Crippen LogP contribution is 2.26. The van der Waals surface area contributed by atoms with Crippen LogP contribution in [0.15, 0.2) is 49.1 Å². The smallest absolute Gasteiger partial charge is 0.135 e. The van der Waals surface area contributed by atoms with Gasteiger partial charge in [0.15, 0.2) is 0 Å². The van der Waals surface area contributed by atoms with Crippen LogP contribution in [-0.4, -0.2) is 31.8 Å². The van der Waals surface area contributed by atoms with Crippen molar-refractivity contribution in [1.29, 1.82) is 0 Å². The minimum atomic E-state index is 0.695. The predicted molar refractivity (Wildman–Crippen MR) is 111 cm³/mol. The van der Waals surface area contributed by atoms with Crippen LogP contribution in [0.3, 0.4) is 0 Å². The lowest BCUT2D eigenvalue weighted by atomic mass is 10.1. The third kappa shape index (κ3) is 3.48. The summed E-state index contributed by atoms with van der Waals surface area (Å²) in [5.41, 5.74) is 2.62. The van der Waals surface area contributed by atoms with Crippen molar-refractivity contribution in [2.45, 2.75) is 6.92 Å². The quantitative estimate of drug-likeness (QED) is 0.540. The minimum Gasteiger partial charge on any atom is -0.373 e. The zero-order valence-corrected chi connectivity index (χ0v) is 15.9. The molecule has 2 N–H and O–H groups in total. The van der Waals surface area contributed by atoms with Gasteiger partial charge >= 0.3 is 0 Å². The van der Waals surface area contributed by atoms with Gasteiger partial charge in [0.05, 0.1) is 16.8 Å². The van der Waals surface area contributed by atoms with Gasteiger partial charge in [0.25, 0.3) is 0 Å². The Morgan fingerprint density at radius 1 is 0.964 bits per heavy atom. The van der Waals surface area contributed by atoms with Crippen LogP contribution in [0.2, 0.25) is 0 Å². The summed E-state index contributed by atoms with van der Waals surface area (Å²) in [6.07, 6.45) is 7.21. The lowest BCUT2D eigenvalue weighted by Crippen LogP contribution is -1.99. The van der Waals surface area contributed by atoms with Crippen molar-refractivity contribution in [3.05, 3.63) is 65.9 Å². The summed E-state index contributed by atoms with van der Waals surface area (Å²) in [5, 5.41) is 12.5. The number of hydrogen-bond acceptors (Lipinski definition) is 6. The highest BCUT2D eigenvalue weighted by Gasteiger charge is 2.08. The summed E-state index contributed by atoms with van der Waals surface area (Å²) >= 11 is 0. The van der Waals surface area contributed by atoms with E-state index in [0.717, 1.165) is 39.2 Å². The summed E-state index contributed by atoms with van der Waals surface area (Å²) in [4.78, 5) is 13.3. The lowest BCUT2D eigenvalue weighted by Gasteiger charge is -2.09. The van der Waals surface area contributed by atoms with E-state index in [9.17, 15) is 0 Å². The number of nitrogens with one attached hydrogen (secondary N) is 2. The largest absolute Gasteiger partial charge is 0.373 e. The van der Waals surface area contributed by atoms with Crippen LogP contribution in [0.5, 0.6) is 0 Å². The van der Waals surface area contributed by atoms with E-state index < -0.39 is 0 Å². The predicted octanol–water partition coefficient (Wildman–Crippen LogP) is 3.25. The molecule has 0 aliphatic rings. The van der Waals surface area contributed by atoms with Gasteiger partial charge in [-0.3, -0.25) is 4.68 Å². The molecule has 4 heterocycles. The van der Waals surface area contributed by atoms with Crippen molar-refractivity contribution in [3.8, 4) is 11.8 Å². The number of fused-ring (bicyclic) bond motifs is 1. The van der Waals surface area contributed by atoms with Gasteiger partial charge in [-0.05, 0) is 25.1 Å². The van der Waals surface area contributed by atoms with E-state index >= 15 is 0 Å². The van der Waals surface area contributed by atoms with Gasteiger partial charge < -0.3 is 10.6 Å². The molecule has 7 nitrogen and oxygen atoms in total. The molecular weight excluding hydrogens is 350 g/mol. The normalized spacial score (nSPS) is 10.4. The maximum atomic E-state index is 4.49. The number of rotatable bonds is 3. The van der Waals surface area contributed by atoms with Crippen molar-refractivity contribution in [1.82, 2.24) is 24.7 Å². The fourth-order valence-electron chi connectivity index (χ4n) is 2.93. The molecule has 0 fully saturated rings. The van der Waals surface area contributed by atoms with E-state index in [1.54, 1.807) is 23.3 Å². The Kier molecular flexibility index (Phi) is 4.60. The summed E-state index contributed by atoms with van der Waals surface area (Å²) in [6, 6.07) is 7.65. The average molecular weight is 369 g/mol. The molecule has 0 saturated carbocycles. The molecule has 0 saturated heterocycles. The van der Waals surface area contributed by atoms with Crippen LogP contribution < -0.4 is 10.6 Å². The molecular formula is C21H19N7. The second kappa shape index (κ2) is 7.37. The van der Waals surface area contributed by atoms with Crippen LogP contribution in [0.1, 0.15) is 16.8 Å². The molecule has 0 radical (unpaired) electrons. The molecule has 0 aliphatic carbocycles. The number of pyridine rings is 3. The van der Waals surface area contributed by atoms with Gasteiger partial charge in [-0.15, -0.1) is 0 Å². The molecule has 0 bridgehead atoms. The second-order valence-corrected chi connectivity index (χ2v) is 6.28. The Balaban J connectivity index is 1.79. The fraction of sp³-hybridized carbons (Fsp3) is 0.143. The maximum Gasteiger partial charge on any atom is 0.135 e. The van der Waals surface area contributed by atoms with E-state index in [1.807, 2.05) is 51.5 Å². The van der Waals surface area contributed by atoms with Crippen LogP contribution >= 0.6 is 0 Å². The van der Waals surface area contributed by atoms with E-state index in [2.05, 4.69) is 42.5 Å². The number of aromatic nitrogens is 5. The Labute approximate surface area is 162 Å². The molecule has 0 amide bonds. The highest BCUT2D eigenvalue weighted by molar-refractivity contribution is 5.96. The van der Waals surface area contributed by atoms with Gasteiger partial charge in [0, 0.05) is 49.7 Å². The van der Waals surface area contributed by atoms with E-state index in [1.165, 1.54) is 0 Å². The SMILES string of the molecule is CNc1ncc(C#Cc2cn(C)nc2C)c2cc(Nc3ccccn3)ncc12. The Bertz CT molecular complexity index is 1200. The van der Waals surface area contributed by atoms with Gasteiger partial charge in [0.1, 0.15) is 17.5 Å². The highest BCUT2D eigenvalue weighted by atomic mass is 15.2. The monoisotopic (exact) mass is 369 g/mol. The first-order valence-corrected chi connectivity index (χ1v) is 8.81. The minimum absolute atomic E-state index is 0.695. The first-order chi connectivity index (χ1) is 13.6. The first-order valence-electron chi connectivity index (χ1n) is 8.81. The Morgan fingerprint density at radius 3 is 2.54 bits per heavy atom. The fourth-order valence-corrected chi connectivity index (χ4v) is 2.93. The van der Waals surface area contributed by atoms with Crippen molar-refractivity contribution < 1.29 is 0 Å². The van der Waals surface area contributed by atoms with Crippen LogP contribution in [-0.2, 0) is 7.05 Å². The standard InChI is InChI=1S/C21H19N7/c1-14-16(13-28(3)27-14)8-7-15-11-25-21(22-2)18-12-24-20(10-17(15)18)26-19-6-4-5-9-23-19/h4-6,9-13H,1-3H3,(H,22,25)(H,23,24,26). The number of hydrogen-bond donors (Lipinski definition) is 2. The molecule has 0 spiro atoms. The third-order valence-electron chi connectivity index (χ3n) is 4.28. The van der Waals surface area contributed by atoms with Crippen LogP contribution in [0.4, 0.5) is 17.5 Å². The van der Waals surface area contributed by atoms with Gasteiger partial charge in [-0.2, -0.15) is 5.10 Å². The first kappa shape index (κ1) is 17.5. The summed E-state index contributed by atoms with van der Waals surface area (Å²) in [5.74, 6) is 8.62. The van der Waals surface area contributed by atoms with Gasteiger partial charge in [0.2, 0.25) is 0 Å². The molecule has 0 aromatic carbocycles. The van der Waals surface area contributed by atoms with E-state index in [0.29, 0.717) is 5.82 Å². The molecule has 4 aromatic heterocycles. The van der Waals surface area contributed by atoms with Gasteiger partial charge in [-0.25, -0.2) is 15.0 Å². The summed E-state index contributed by atoms with van der Waals surface area (Å²) < 4.78 is 1.76. The topological polar surface area (TPSA) is 80.5 Å². The molecule has 4 aromatic rings. The molecule has 0 unspecified atom stereocenters. The summed E-state index contributed by atoms with van der Waals surface area (Å²) in [6.45, 7) is 1.95. The molecule has 7 heteroatoms. The van der Waals surface area contributed by atoms with E-state index in [-0.39, 0.29) is 0 Å². The zero-order valence-electron chi connectivity index (χ0n) is 15.9. The zero-order chi connectivity index (χ0) is 19.5. The molecule has 4 rings (SSSR count). The lowest BCUT2D eigenvalue weighted by molar-refractivity contribution is 0.756. The average Bonchev–Trinajstić information content (AvgIpc) is 3.04. The second-order valence-electron chi connectivity index (χ2n) is 6.28. The molecule has 0 aliphatic heterocycles. The summed E-state index contributed by atoms with van der Waals surface area (Å²) in [7, 11) is 3.73. The number of anilines is 3. The van der Waals surface area contributed by atoms with Gasteiger partial charge in [-0.1, -0.05) is 17.9 Å². The van der Waals surface area contributed by atoms with Crippen LogP contribution in [0, 0.1) is 18.8 Å². The molecule has 138 valence electrons. The number of aryl methyl sites for hydroxylation is 2. The van der Waals surface area contributed by atoms with Crippen molar-refractivity contribution in [2.24, 2.45) is 7.05 Å². The molecule has 28 heavy (non-hydrogen) atoms. The molecule has 0 atom stereocenters. The van der Waals surface area contributed by atoms with Crippen molar-refractivity contribution in [3.63, 3.8) is 0 Å². The Hall–Kier alpha value is -3.92.